The molecular formula is C23H27F3N6O. The number of carbonyl (C=O) groups excluding carboxylic acids is 1. The first kappa shape index (κ1) is 20.9. The Morgan fingerprint density at radius 2 is 2.00 bits per heavy atom. The molecular weight excluding hydrogens is 433 g/mol. The molecule has 1 saturated heterocycles. The van der Waals surface area contributed by atoms with Crippen LogP contribution in [0.1, 0.15) is 66.6 Å². The van der Waals surface area contributed by atoms with Crippen LogP contribution in [-0.2, 0) is 12.6 Å². The third-order valence-corrected chi connectivity index (χ3v) is 7.51. The van der Waals surface area contributed by atoms with E-state index < -0.39 is 11.7 Å². The first-order valence-electron chi connectivity index (χ1n) is 11.8. The Labute approximate surface area is 189 Å². The van der Waals surface area contributed by atoms with Crippen molar-refractivity contribution in [2.45, 2.75) is 75.2 Å². The van der Waals surface area contributed by atoms with Crippen molar-refractivity contribution in [1.29, 1.82) is 0 Å². The maximum atomic E-state index is 13.9. The van der Waals surface area contributed by atoms with E-state index in [-0.39, 0.29) is 35.2 Å². The molecule has 33 heavy (non-hydrogen) atoms. The fourth-order valence-corrected chi connectivity index (χ4v) is 5.25. The van der Waals surface area contributed by atoms with Gasteiger partial charge in [0.1, 0.15) is 11.3 Å². The molecule has 1 unspecified atom stereocenters. The predicted octanol–water partition coefficient (Wildman–Crippen LogP) is 3.74. The van der Waals surface area contributed by atoms with Crippen LogP contribution in [0.5, 0.6) is 0 Å². The summed E-state index contributed by atoms with van der Waals surface area (Å²) < 4.78 is 41.7. The summed E-state index contributed by atoms with van der Waals surface area (Å²) in [5, 5.41) is 6.76. The van der Waals surface area contributed by atoms with Crippen LogP contribution >= 0.6 is 0 Å². The Kier molecular flexibility index (Phi) is 4.73. The summed E-state index contributed by atoms with van der Waals surface area (Å²) in [6.07, 6.45) is 5.34. The van der Waals surface area contributed by atoms with E-state index in [1.54, 1.807) is 0 Å². The number of nitrogens with one attached hydrogen (secondary N) is 3. The number of fused-ring (bicyclic) bond motifs is 1. The van der Waals surface area contributed by atoms with Crippen molar-refractivity contribution in [2.24, 2.45) is 0 Å². The van der Waals surface area contributed by atoms with Gasteiger partial charge in [-0.2, -0.15) is 13.2 Å². The summed E-state index contributed by atoms with van der Waals surface area (Å²) in [6, 6.07) is 0.326. The number of H-pyrrole nitrogens is 1. The normalized spacial score (nSPS) is 24.5. The third kappa shape index (κ3) is 3.88. The monoisotopic (exact) mass is 460 g/mol. The quantitative estimate of drug-likeness (QED) is 0.647. The summed E-state index contributed by atoms with van der Waals surface area (Å²) in [5.41, 5.74) is 0.577. The highest BCUT2D eigenvalue weighted by molar-refractivity contribution is 5.97. The SMILES string of the molecule is O=C1c2[nH]cc(-c3nc(NC4CCC5(CC5)NC4)ncc3C(F)(F)F)c2CCCN1C1CC1. The van der Waals surface area contributed by atoms with Gasteiger partial charge < -0.3 is 20.5 Å². The van der Waals surface area contributed by atoms with Crippen molar-refractivity contribution >= 4 is 11.9 Å². The lowest BCUT2D eigenvalue weighted by atomic mass is 9.99. The maximum absolute atomic E-state index is 13.9. The fourth-order valence-electron chi connectivity index (χ4n) is 5.25. The lowest BCUT2D eigenvalue weighted by Gasteiger charge is -2.30. The Balaban J connectivity index is 1.33. The number of anilines is 1. The minimum atomic E-state index is -4.60. The largest absolute Gasteiger partial charge is 0.419 e. The van der Waals surface area contributed by atoms with Crippen LogP contribution in [-0.4, -0.2) is 56.5 Å². The molecule has 1 spiro atoms. The molecule has 2 saturated carbocycles. The highest BCUT2D eigenvalue weighted by atomic mass is 19.4. The van der Waals surface area contributed by atoms with Crippen LogP contribution in [0.2, 0.25) is 0 Å². The van der Waals surface area contributed by atoms with Gasteiger partial charge in [-0.25, -0.2) is 9.97 Å². The number of alkyl halides is 3. The fraction of sp³-hybridized carbons (Fsp3) is 0.609. The van der Waals surface area contributed by atoms with Crippen molar-refractivity contribution in [3.63, 3.8) is 0 Å². The summed E-state index contributed by atoms with van der Waals surface area (Å²) in [4.78, 5) is 26.2. The number of amides is 1. The van der Waals surface area contributed by atoms with E-state index in [0.29, 0.717) is 36.2 Å². The number of aromatic amines is 1. The van der Waals surface area contributed by atoms with E-state index >= 15 is 0 Å². The topological polar surface area (TPSA) is 85.9 Å². The minimum Gasteiger partial charge on any atom is -0.356 e. The van der Waals surface area contributed by atoms with E-state index in [1.807, 2.05) is 4.90 Å². The number of rotatable bonds is 4. The third-order valence-electron chi connectivity index (χ3n) is 7.51. The van der Waals surface area contributed by atoms with Crippen LogP contribution < -0.4 is 10.6 Å². The molecule has 0 bridgehead atoms. The number of carbonyl (C=O) groups is 1. The van der Waals surface area contributed by atoms with E-state index in [9.17, 15) is 18.0 Å². The summed E-state index contributed by atoms with van der Waals surface area (Å²) in [6.45, 7) is 1.37. The van der Waals surface area contributed by atoms with Gasteiger partial charge in [0.25, 0.3) is 5.91 Å². The molecule has 2 aromatic rings. The average Bonchev–Trinajstić information content (AvgIpc) is 3.71. The molecule has 3 fully saturated rings. The van der Waals surface area contributed by atoms with Crippen LogP contribution in [0.25, 0.3) is 11.3 Å². The molecule has 0 aromatic carbocycles. The van der Waals surface area contributed by atoms with Gasteiger partial charge in [0.05, 0.1) is 5.69 Å². The minimum absolute atomic E-state index is 0.0674. The summed E-state index contributed by atoms with van der Waals surface area (Å²) in [5.74, 6) is 0.0607. The zero-order valence-corrected chi connectivity index (χ0v) is 18.3. The number of nitrogens with zero attached hydrogens (tertiary/aromatic N) is 3. The van der Waals surface area contributed by atoms with Crippen molar-refractivity contribution < 1.29 is 18.0 Å². The van der Waals surface area contributed by atoms with Crippen molar-refractivity contribution in [3.8, 4) is 11.3 Å². The zero-order valence-electron chi connectivity index (χ0n) is 18.3. The van der Waals surface area contributed by atoms with E-state index in [1.165, 1.54) is 19.0 Å². The van der Waals surface area contributed by atoms with Gasteiger partial charge >= 0.3 is 6.18 Å². The Bertz CT molecular complexity index is 1080. The van der Waals surface area contributed by atoms with Crippen LogP contribution in [0, 0.1) is 0 Å². The smallest absolute Gasteiger partial charge is 0.356 e. The lowest BCUT2D eigenvalue weighted by molar-refractivity contribution is -0.137. The highest BCUT2D eigenvalue weighted by Crippen LogP contribution is 2.43. The van der Waals surface area contributed by atoms with Gasteiger partial charge in [0.2, 0.25) is 5.95 Å². The standard InChI is InChI=1S/C23H27F3N6O/c24-23(25,26)17-12-28-21(30-13-5-6-22(7-8-22)29-10-13)31-18(17)16-11-27-19-15(16)2-1-9-32(20(19)33)14-3-4-14/h11-14,27,29H,1-10H2,(H,28,30,31). The van der Waals surface area contributed by atoms with Gasteiger partial charge in [-0.05, 0) is 56.9 Å². The molecule has 6 rings (SSSR count). The molecule has 1 atom stereocenters. The molecule has 2 aliphatic carbocycles. The highest BCUT2D eigenvalue weighted by Gasteiger charge is 2.45. The first-order chi connectivity index (χ1) is 15.8. The van der Waals surface area contributed by atoms with Gasteiger partial charge in [0.15, 0.2) is 0 Å². The van der Waals surface area contributed by atoms with Gasteiger partial charge in [-0.3, -0.25) is 4.79 Å². The molecule has 3 N–H and O–H groups in total. The maximum Gasteiger partial charge on any atom is 0.419 e. The molecule has 1 amide bonds. The molecule has 10 heteroatoms. The van der Waals surface area contributed by atoms with Crippen molar-refractivity contribution in [1.82, 2.24) is 25.2 Å². The second kappa shape index (κ2) is 7.44. The number of piperidine rings is 1. The second-order valence-electron chi connectivity index (χ2n) is 9.88. The number of halogens is 3. The molecule has 176 valence electrons. The lowest BCUT2D eigenvalue weighted by Crippen LogP contribution is -2.46. The van der Waals surface area contributed by atoms with E-state index in [0.717, 1.165) is 38.4 Å². The Hall–Kier alpha value is -2.62. The Morgan fingerprint density at radius 1 is 1.18 bits per heavy atom. The first-order valence-corrected chi connectivity index (χ1v) is 11.8. The number of hydrogen-bond donors (Lipinski definition) is 3. The van der Waals surface area contributed by atoms with Crippen LogP contribution in [0.3, 0.4) is 0 Å². The Morgan fingerprint density at radius 3 is 2.67 bits per heavy atom. The summed E-state index contributed by atoms with van der Waals surface area (Å²) in [7, 11) is 0. The molecule has 4 aliphatic rings. The van der Waals surface area contributed by atoms with E-state index in [2.05, 4.69) is 25.6 Å². The van der Waals surface area contributed by atoms with Gasteiger partial charge in [-0.15, -0.1) is 0 Å². The molecule has 2 aliphatic heterocycles. The van der Waals surface area contributed by atoms with Gasteiger partial charge in [-0.1, -0.05) is 0 Å². The molecule has 7 nitrogen and oxygen atoms in total. The van der Waals surface area contributed by atoms with Gasteiger partial charge in [0, 0.05) is 48.7 Å². The van der Waals surface area contributed by atoms with Crippen LogP contribution in [0.4, 0.5) is 19.1 Å². The van der Waals surface area contributed by atoms with Crippen LogP contribution in [0.15, 0.2) is 12.4 Å². The van der Waals surface area contributed by atoms with E-state index in [4.69, 9.17) is 0 Å². The zero-order chi connectivity index (χ0) is 22.8. The summed E-state index contributed by atoms with van der Waals surface area (Å²) >= 11 is 0. The van der Waals surface area contributed by atoms with Crippen molar-refractivity contribution in [2.75, 3.05) is 18.4 Å². The second-order valence-corrected chi connectivity index (χ2v) is 9.88. The number of aromatic nitrogens is 3. The molecule has 0 radical (unpaired) electrons. The van der Waals surface area contributed by atoms with Crippen molar-refractivity contribution in [3.05, 3.63) is 29.2 Å². The predicted molar refractivity (Wildman–Crippen MR) is 116 cm³/mol. The molecule has 2 aromatic heterocycles. The molecule has 4 heterocycles. The average molecular weight is 461 g/mol. The number of hydrogen-bond acceptors (Lipinski definition) is 5.